The summed E-state index contributed by atoms with van der Waals surface area (Å²) in [6, 6.07) is 5.29. The fourth-order valence-corrected chi connectivity index (χ4v) is 2.22. The number of rotatable bonds is 3. The summed E-state index contributed by atoms with van der Waals surface area (Å²) in [6.07, 6.45) is 0. The van der Waals surface area contributed by atoms with Crippen LogP contribution in [-0.4, -0.2) is 4.92 Å². The van der Waals surface area contributed by atoms with E-state index in [9.17, 15) is 14.5 Å². The molecule has 0 aromatic heterocycles. The standard InChI is InChI=1S/C14H10BrClFNO3/c1-7-3-9(4-8(2)14(7)15)21-13-5-10(16)11(17)6-12(13)18(19)20/h3-6H,1-2H3. The molecule has 2 aromatic carbocycles. The molecule has 0 aliphatic heterocycles. The van der Waals surface area contributed by atoms with E-state index in [4.69, 9.17) is 16.3 Å². The summed E-state index contributed by atoms with van der Waals surface area (Å²) >= 11 is 9.08. The van der Waals surface area contributed by atoms with Gasteiger partial charge in [-0.05, 0) is 37.1 Å². The molecule has 4 nitrogen and oxygen atoms in total. The topological polar surface area (TPSA) is 52.4 Å². The lowest BCUT2D eigenvalue weighted by atomic mass is 10.1. The van der Waals surface area contributed by atoms with Crippen LogP contribution in [0.3, 0.4) is 0 Å². The van der Waals surface area contributed by atoms with Gasteiger partial charge in [-0.15, -0.1) is 0 Å². The van der Waals surface area contributed by atoms with Crippen LogP contribution in [0.2, 0.25) is 5.02 Å². The van der Waals surface area contributed by atoms with Crippen molar-refractivity contribution in [1.82, 2.24) is 0 Å². The predicted octanol–water partition coefficient (Wildman–Crippen LogP) is 5.56. The number of nitro benzene ring substituents is 1. The van der Waals surface area contributed by atoms with E-state index in [1.165, 1.54) is 0 Å². The Labute approximate surface area is 133 Å². The molecule has 2 aromatic rings. The molecule has 0 amide bonds. The molecule has 2 rings (SSSR count). The molecule has 0 fully saturated rings. The molecule has 110 valence electrons. The zero-order chi connectivity index (χ0) is 15.7. The second-order valence-corrected chi connectivity index (χ2v) is 5.66. The van der Waals surface area contributed by atoms with Crippen LogP contribution in [0.25, 0.3) is 0 Å². The molecule has 0 saturated heterocycles. The van der Waals surface area contributed by atoms with Crippen molar-refractivity contribution in [1.29, 1.82) is 0 Å². The molecule has 0 spiro atoms. The van der Waals surface area contributed by atoms with Crippen LogP contribution >= 0.6 is 27.5 Å². The first-order valence-electron chi connectivity index (χ1n) is 5.87. The van der Waals surface area contributed by atoms with Crippen LogP contribution < -0.4 is 4.74 Å². The largest absolute Gasteiger partial charge is 0.450 e. The lowest BCUT2D eigenvalue weighted by molar-refractivity contribution is -0.385. The van der Waals surface area contributed by atoms with E-state index in [1.54, 1.807) is 12.1 Å². The number of nitro groups is 1. The molecular formula is C14H10BrClFNO3. The van der Waals surface area contributed by atoms with Crippen molar-refractivity contribution in [2.75, 3.05) is 0 Å². The van der Waals surface area contributed by atoms with Gasteiger partial charge in [0.15, 0.2) is 0 Å². The SMILES string of the molecule is Cc1cc(Oc2cc(Cl)c(F)cc2[N+](=O)[O-])cc(C)c1Br. The molecule has 0 aliphatic carbocycles. The number of ether oxygens (including phenoxy) is 1. The number of hydrogen-bond acceptors (Lipinski definition) is 3. The quantitative estimate of drug-likeness (QED) is 0.522. The third kappa shape index (κ3) is 3.33. The Morgan fingerprint density at radius 3 is 2.33 bits per heavy atom. The Kier molecular flexibility index (Phi) is 4.49. The highest BCUT2D eigenvalue weighted by Crippen LogP contribution is 2.37. The third-order valence-electron chi connectivity index (χ3n) is 2.84. The maximum absolute atomic E-state index is 13.3. The van der Waals surface area contributed by atoms with Gasteiger partial charge in [0.05, 0.1) is 16.0 Å². The second kappa shape index (κ2) is 5.99. The minimum absolute atomic E-state index is 0.104. The van der Waals surface area contributed by atoms with Crippen molar-refractivity contribution in [3.63, 3.8) is 0 Å². The average molecular weight is 375 g/mol. The lowest BCUT2D eigenvalue weighted by Crippen LogP contribution is -1.96. The number of benzene rings is 2. The van der Waals surface area contributed by atoms with E-state index in [-0.39, 0.29) is 10.8 Å². The fourth-order valence-electron chi connectivity index (χ4n) is 1.83. The zero-order valence-corrected chi connectivity index (χ0v) is 13.5. The highest BCUT2D eigenvalue weighted by molar-refractivity contribution is 9.10. The van der Waals surface area contributed by atoms with Gasteiger partial charge in [-0.1, -0.05) is 27.5 Å². The third-order valence-corrected chi connectivity index (χ3v) is 4.38. The van der Waals surface area contributed by atoms with Crippen LogP contribution in [-0.2, 0) is 0 Å². The Hall–Kier alpha value is -1.66. The summed E-state index contributed by atoms with van der Waals surface area (Å²) in [5.41, 5.74) is 1.36. The lowest BCUT2D eigenvalue weighted by Gasteiger charge is -2.10. The summed E-state index contributed by atoms with van der Waals surface area (Å²) in [5.74, 6) is -0.551. The molecule has 7 heteroatoms. The van der Waals surface area contributed by atoms with E-state index < -0.39 is 16.4 Å². The Balaban J connectivity index is 2.48. The van der Waals surface area contributed by atoms with Gasteiger partial charge in [0.2, 0.25) is 5.75 Å². The molecule has 21 heavy (non-hydrogen) atoms. The van der Waals surface area contributed by atoms with Gasteiger partial charge < -0.3 is 4.74 Å². The monoisotopic (exact) mass is 373 g/mol. The maximum atomic E-state index is 13.3. The Bertz CT molecular complexity index is 713. The summed E-state index contributed by atoms with van der Waals surface area (Å²) in [5, 5.41) is 10.7. The fraction of sp³-hybridized carbons (Fsp3) is 0.143. The number of nitrogens with zero attached hydrogens (tertiary/aromatic N) is 1. The van der Waals surface area contributed by atoms with Crippen LogP contribution in [0.5, 0.6) is 11.5 Å². The van der Waals surface area contributed by atoms with E-state index in [1.807, 2.05) is 13.8 Å². The predicted molar refractivity (Wildman–Crippen MR) is 81.8 cm³/mol. The molecule has 0 saturated carbocycles. The summed E-state index contributed by atoms with van der Waals surface area (Å²) in [6.45, 7) is 3.74. The number of aryl methyl sites for hydroxylation is 2. The van der Waals surface area contributed by atoms with Crippen molar-refractivity contribution in [3.05, 3.63) is 60.8 Å². The summed E-state index contributed by atoms with van der Waals surface area (Å²) in [4.78, 5) is 10.3. The molecular weight excluding hydrogens is 365 g/mol. The highest BCUT2D eigenvalue weighted by Gasteiger charge is 2.20. The molecule has 0 aliphatic rings. The van der Waals surface area contributed by atoms with E-state index >= 15 is 0 Å². The van der Waals surface area contributed by atoms with Crippen LogP contribution in [0.4, 0.5) is 10.1 Å². The van der Waals surface area contributed by atoms with Gasteiger partial charge in [-0.25, -0.2) is 4.39 Å². The Morgan fingerprint density at radius 1 is 1.24 bits per heavy atom. The molecule has 0 unspecified atom stereocenters. The first-order chi connectivity index (χ1) is 9.79. The summed E-state index contributed by atoms with van der Waals surface area (Å²) < 4.78 is 19.8. The van der Waals surface area contributed by atoms with Crippen molar-refractivity contribution >= 4 is 33.2 Å². The zero-order valence-electron chi connectivity index (χ0n) is 11.1. The number of halogens is 3. The van der Waals surface area contributed by atoms with Gasteiger partial charge in [0.25, 0.3) is 0 Å². The van der Waals surface area contributed by atoms with E-state index in [0.29, 0.717) is 5.75 Å². The van der Waals surface area contributed by atoms with Crippen molar-refractivity contribution in [2.45, 2.75) is 13.8 Å². The second-order valence-electron chi connectivity index (χ2n) is 4.46. The Morgan fingerprint density at radius 2 is 1.81 bits per heavy atom. The molecule has 0 heterocycles. The van der Waals surface area contributed by atoms with Crippen molar-refractivity contribution < 1.29 is 14.1 Å². The maximum Gasteiger partial charge on any atom is 0.314 e. The minimum atomic E-state index is -0.862. The van der Waals surface area contributed by atoms with Crippen molar-refractivity contribution in [3.8, 4) is 11.5 Å². The smallest absolute Gasteiger partial charge is 0.314 e. The van der Waals surface area contributed by atoms with E-state index in [0.717, 1.165) is 27.7 Å². The normalized spacial score (nSPS) is 10.5. The van der Waals surface area contributed by atoms with Gasteiger partial charge in [0, 0.05) is 10.5 Å². The van der Waals surface area contributed by atoms with Crippen LogP contribution in [0.15, 0.2) is 28.7 Å². The van der Waals surface area contributed by atoms with Crippen LogP contribution in [0.1, 0.15) is 11.1 Å². The van der Waals surface area contributed by atoms with Crippen LogP contribution in [0, 0.1) is 29.8 Å². The molecule has 0 radical (unpaired) electrons. The number of hydrogen-bond donors (Lipinski definition) is 0. The van der Waals surface area contributed by atoms with Gasteiger partial charge in [-0.3, -0.25) is 10.1 Å². The first-order valence-corrected chi connectivity index (χ1v) is 7.04. The van der Waals surface area contributed by atoms with E-state index in [2.05, 4.69) is 15.9 Å². The first kappa shape index (κ1) is 15.7. The molecule has 0 N–H and O–H groups in total. The minimum Gasteiger partial charge on any atom is -0.450 e. The molecule has 0 bridgehead atoms. The highest BCUT2D eigenvalue weighted by atomic mass is 79.9. The molecule has 0 atom stereocenters. The average Bonchev–Trinajstić information content (AvgIpc) is 2.39. The van der Waals surface area contributed by atoms with Gasteiger partial charge in [0.1, 0.15) is 11.6 Å². The van der Waals surface area contributed by atoms with Gasteiger partial charge in [-0.2, -0.15) is 0 Å². The van der Waals surface area contributed by atoms with Crippen molar-refractivity contribution in [2.24, 2.45) is 0 Å². The summed E-state index contributed by atoms with van der Waals surface area (Å²) in [7, 11) is 0. The van der Waals surface area contributed by atoms with Gasteiger partial charge >= 0.3 is 5.69 Å².